The van der Waals surface area contributed by atoms with Crippen LogP contribution in [-0.2, 0) is 0 Å². The van der Waals surface area contributed by atoms with Gasteiger partial charge >= 0.3 is 0 Å². The quantitative estimate of drug-likeness (QED) is 0.678. The highest BCUT2D eigenvalue weighted by Gasteiger charge is 2.20. The van der Waals surface area contributed by atoms with E-state index in [9.17, 15) is 9.18 Å². The largest absolute Gasteiger partial charge is 0.338 e. The molecule has 3 aromatic rings. The summed E-state index contributed by atoms with van der Waals surface area (Å²) in [7, 11) is 1.77. The van der Waals surface area contributed by atoms with E-state index in [0.717, 1.165) is 17.2 Å². The first-order valence-corrected chi connectivity index (χ1v) is 8.44. The SMILES string of the molecule is CCC(C)N(C)C(=O)c1cc2ccccc2c(-c2ccccc2F)n1. The Labute approximate surface area is 147 Å². The van der Waals surface area contributed by atoms with Gasteiger partial charge in [0.25, 0.3) is 5.91 Å². The highest BCUT2D eigenvalue weighted by atomic mass is 19.1. The first kappa shape index (κ1) is 17.1. The van der Waals surface area contributed by atoms with Gasteiger partial charge in [0.05, 0.1) is 5.69 Å². The highest BCUT2D eigenvalue weighted by molar-refractivity contribution is 6.01. The maximum absolute atomic E-state index is 14.3. The Morgan fingerprint density at radius 3 is 2.56 bits per heavy atom. The third-order valence-electron chi connectivity index (χ3n) is 4.66. The van der Waals surface area contributed by atoms with Gasteiger partial charge in [-0.2, -0.15) is 0 Å². The number of halogens is 1. The zero-order valence-corrected chi connectivity index (χ0v) is 14.7. The number of benzene rings is 2. The number of rotatable bonds is 4. The van der Waals surface area contributed by atoms with Crippen molar-refractivity contribution in [3.63, 3.8) is 0 Å². The third kappa shape index (κ3) is 3.25. The molecule has 0 bridgehead atoms. The fraction of sp³-hybridized carbons (Fsp3) is 0.238. The van der Waals surface area contributed by atoms with Crippen molar-refractivity contribution >= 4 is 16.7 Å². The fourth-order valence-electron chi connectivity index (χ4n) is 2.82. The summed E-state index contributed by atoms with van der Waals surface area (Å²) in [6, 6.07) is 16.0. The van der Waals surface area contributed by atoms with Crippen LogP contribution in [0.15, 0.2) is 54.6 Å². The molecule has 0 spiro atoms. The summed E-state index contributed by atoms with van der Waals surface area (Å²) in [6.45, 7) is 4.03. The maximum Gasteiger partial charge on any atom is 0.272 e. The Balaban J connectivity index is 2.20. The number of aromatic nitrogens is 1. The number of hydrogen-bond donors (Lipinski definition) is 0. The number of carbonyl (C=O) groups is 1. The Morgan fingerprint density at radius 2 is 1.84 bits per heavy atom. The zero-order chi connectivity index (χ0) is 18.0. The molecule has 3 nitrogen and oxygen atoms in total. The first-order valence-electron chi connectivity index (χ1n) is 8.44. The smallest absolute Gasteiger partial charge is 0.272 e. The summed E-state index contributed by atoms with van der Waals surface area (Å²) in [4.78, 5) is 19.0. The minimum absolute atomic E-state index is 0.109. The van der Waals surface area contributed by atoms with E-state index in [1.807, 2.05) is 38.1 Å². The third-order valence-corrected chi connectivity index (χ3v) is 4.66. The van der Waals surface area contributed by atoms with E-state index in [0.29, 0.717) is 17.0 Å². The van der Waals surface area contributed by atoms with Gasteiger partial charge in [0.1, 0.15) is 11.5 Å². The van der Waals surface area contributed by atoms with Crippen LogP contribution in [0.2, 0.25) is 0 Å². The Hall–Kier alpha value is -2.75. The van der Waals surface area contributed by atoms with Gasteiger partial charge in [-0.1, -0.05) is 43.3 Å². The van der Waals surface area contributed by atoms with E-state index >= 15 is 0 Å². The average molecular weight is 336 g/mol. The highest BCUT2D eigenvalue weighted by Crippen LogP contribution is 2.29. The molecule has 2 aromatic carbocycles. The molecule has 0 radical (unpaired) electrons. The van der Waals surface area contributed by atoms with Crippen LogP contribution in [0.25, 0.3) is 22.0 Å². The van der Waals surface area contributed by atoms with E-state index in [4.69, 9.17) is 0 Å². The van der Waals surface area contributed by atoms with Gasteiger partial charge in [-0.3, -0.25) is 4.79 Å². The zero-order valence-electron chi connectivity index (χ0n) is 14.7. The fourth-order valence-corrected chi connectivity index (χ4v) is 2.82. The molecule has 3 rings (SSSR count). The van der Waals surface area contributed by atoms with Crippen molar-refractivity contribution in [2.24, 2.45) is 0 Å². The minimum atomic E-state index is -0.347. The van der Waals surface area contributed by atoms with Gasteiger partial charge in [-0.05, 0) is 36.9 Å². The number of fused-ring (bicyclic) bond motifs is 1. The van der Waals surface area contributed by atoms with Gasteiger partial charge in [0, 0.05) is 24.0 Å². The van der Waals surface area contributed by atoms with Crippen molar-refractivity contribution in [2.45, 2.75) is 26.3 Å². The van der Waals surface area contributed by atoms with Crippen molar-refractivity contribution in [1.82, 2.24) is 9.88 Å². The van der Waals surface area contributed by atoms with Crippen LogP contribution in [0.5, 0.6) is 0 Å². The molecule has 0 aliphatic rings. The molecule has 1 unspecified atom stereocenters. The number of carbonyl (C=O) groups excluding carboxylic acids is 1. The summed E-state index contributed by atoms with van der Waals surface area (Å²) >= 11 is 0. The van der Waals surface area contributed by atoms with E-state index in [1.165, 1.54) is 6.07 Å². The number of amides is 1. The van der Waals surface area contributed by atoms with Gasteiger partial charge in [-0.15, -0.1) is 0 Å². The Morgan fingerprint density at radius 1 is 1.16 bits per heavy atom. The molecular weight excluding hydrogens is 315 g/mol. The van der Waals surface area contributed by atoms with Gasteiger partial charge in [-0.25, -0.2) is 9.37 Å². The Kier molecular flexibility index (Phi) is 4.79. The van der Waals surface area contributed by atoms with Crippen LogP contribution < -0.4 is 0 Å². The van der Waals surface area contributed by atoms with Crippen LogP contribution in [0, 0.1) is 5.82 Å². The van der Waals surface area contributed by atoms with Crippen LogP contribution in [-0.4, -0.2) is 28.9 Å². The van der Waals surface area contributed by atoms with Crippen LogP contribution >= 0.6 is 0 Å². The second kappa shape index (κ2) is 7.01. The molecule has 0 aliphatic heterocycles. The van der Waals surface area contributed by atoms with E-state index in [1.54, 1.807) is 36.2 Å². The maximum atomic E-state index is 14.3. The molecule has 4 heteroatoms. The predicted octanol–water partition coefficient (Wildman–Crippen LogP) is 4.91. The van der Waals surface area contributed by atoms with Crippen molar-refractivity contribution in [1.29, 1.82) is 0 Å². The monoisotopic (exact) mass is 336 g/mol. The van der Waals surface area contributed by atoms with E-state index in [-0.39, 0.29) is 17.8 Å². The summed E-state index contributed by atoms with van der Waals surface area (Å²) in [6.07, 6.45) is 0.857. The molecule has 0 aliphatic carbocycles. The second-order valence-corrected chi connectivity index (χ2v) is 6.23. The molecule has 0 fully saturated rings. The summed E-state index contributed by atoms with van der Waals surface area (Å²) < 4.78 is 14.3. The standard InChI is InChI=1S/C21H21FN2O/c1-4-14(2)24(3)21(25)19-13-15-9-5-6-10-16(15)20(23-19)17-11-7-8-12-18(17)22/h5-14H,4H2,1-3H3. The van der Waals surface area contributed by atoms with Crippen LogP contribution in [0.3, 0.4) is 0 Å². The van der Waals surface area contributed by atoms with Gasteiger partial charge < -0.3 is 4.90 Å². The molecular formula is C21H21FN2O. The number of pyridine rings is 1. The van der Waals surface area contributed by atoms with E-state index in [2.05, 4.69) is 4.98 Å². The van der Waals surface area contributed by atoms with Gasteiger partial charge in [0.2, 0.25) is 0 Å². The normalized spacial score (nSPS) is 12.2. The lowest BCUT2D eigenvalue weighted by atomic mass is 10.0. The molecule has 1 amide bonds. The number of nitrogens with zero attached hydrogens (tertiary/aromatic N) is 2. The van der Waals surface area contributed by atoms with Crippen molar-refractivity contribution in [2.75, 3.05) is 7.05 Å². The molecule has 1 aromatic heterocycles. The van der Waals surface area contributed by atoms with Crippen molar-refractivity contribution in [3.8, 4) is 11.3 Å². The molecule has 25 heavy (non-hydrogen) atoms. The van der Waals surface area contributed by atoms with E-state index < -0.39 is 0 Å². The van der Waals surface area contributed by atoms with Crippen LogP contribution in [0.1, 0.15) is 30.8 Å². The average Bonchev–Trinajstić information content (AvgIpc) is 2.65. The Bertz CT molecular complexity index is 923. The van der Waals surface area contributed by atoms with Crippen molar-refractivity contribution < 1.29 is 9.18 Å². The minimum Gasteiger partial charge on any atom is -0.338 e. The molecule has 0 saturated heterocycles. The summed E-state index contributed by atoms with van der Waals surface area (Å²) in [5, 5.41) is 1.70. The lowest BCUT2D eigenvalue weighted by Crippen LogP contribution is -2.35. The topological polar surface area (TPSA) is 33.2 Å². The van der Waals surface area contributed by atoms with Crippen molar-refractivity contribution in [3.05, 3.63) is 66.1 Å². The van der Waals surface area contributed by atoms with Crippen LogP contribution in [0.4, 0.5) is 4.39 Å². The predicted molar refractivity (Wildman–Crippen MR) is 99.0 cm³/mol. The molecule has 128 valence electrons. The first-order chi connectivity index (χ1) is 12.0. The number of hydrogen-bond acceptors (Lipinski definition) is 2. The molecule has 1 atom stereocenters. The summed E-state index contributed by atoms with van der Waals surface area (Å²) in [5.74, 6) is -0.502. The summed E-state index contributed by atoms with van der Waals surface area (Å²) in [5.41, 5.74) is 1.23. The molecule has 1 heterocycles. The van der Waals surface area contributed by atoms with Gasteiger partial charge in [0.15, 0.2) is 0 Å². The molecule has 0 saturated carbocycles. The lowest BCUT2D eigenvalue weighted by Gasteiger charge is -2.24. The lowest BCUT2D eigenvalue weighted by molar-refractivity contribution is 0.0735. The molecule has 0 N–H and O–H groups in total. The second-order valence-electron chi connectivity index (χ2n) is 6.23.